The fourth-order valence-corrected chi connectivity index (χ4v) is 0.840. The van der Waals surface area contributed by atoms with Gasteiger partial charge in [-0.2, -0.15) is 0 Å². The van der Waals surface area contributed by atoms with Gasteiger partial charge in [0.05, 0.1) is 0 Å². The van der Waals surface area contributed by atoms with Gasteiger partial charge in [0.1, 0.15) is 0 Å². The Morgan fingerprint density at radius 2 is 2.33 bits per heavy atom. The van der Waals surface area contributed by atoms with Gasteiger partial charge in [-0.05, 0) is 32.7 Å². The van der Waals surface area contributed by atoms with E-state index in [1.807, 2.05) is 6.08 Å². The molecule has 0 radical (unpaired) electrons. The van der Waals surface area contributed by atoms with Crippen LogP contribution in [0, 0.1) is 0 Å². The number of nitrogens with one attached hydrogen (secondary N) is 1. The van der Waals surface area contributed by atoms with Crippen molar-refractivity contribution in [3.63, 3.8) is 0 Å². The van der Waals surface area contributed by atoms with E-state index < -0.39 is 0 Å². The van der Waals surface area contributed by atoms with Crippen molar-refractivity contribution in [3.05, 3.63) is 12.7 Å². The molecule has 0 aromatic heterocycles. The molecule has 1 N–H and O–H groups in total. The molecule has 0 bridgehead atoms. The first-order chi connectivity index (χ1) is 4.27. The highest BCUT2D eigenvalue weighted by Crippen LogP contribution is 2.33. The normalized spacial score (nSPS) is 21.4. The molecule has 1 fully saturated rings. The van der Waals surface area contributed by atoms with E-state index in [9.17, 15) is 0 Å². The molecule has 0 spiro atoms. The molecule has 0 unspecified atom stereocenters. The summed E-state index contributed by atoms with van der Waals surface area (Å²) in [5.41, 5.74) is 0.503. The highest BCUT2D eigenvalue weighted by Gasteiger charge is 2.35. The molecule has 52 valence electrons. The lowest BCUT2D eigenvalue weighted by atomic mass is 10.3. The van der Waals surface area contributed by atoms with Crippen molar-refractivity contribution in [1.29, 1.82) is 0 Å². The Labute approximate surface area is 57.1 Å². The molecular formula is C8H15N. The summed E-state index contributed by atoms with van der Waals surface area (Å²) in [5.74, 6) is 0. The van der Waals surface area contributed by atoms with Crippen molar-refractivity contribution in [2.75, 3.05) is 6.54 Å². The predicted octanol–water partition coefficient (Wildman–Crippen LogP) is 1.70. The van der Waals surface area contributed by atoms with Gasteiger partial charge in [0, 0.05) is 5.54 Å². The van der Waals surface area contributed by atoms with Gasteiger partial charge >= 0.3 is 0 Å². The van der Waals surface area contributed by atoms with Crippen LogP contribution in [-0.2, 0) is 0 Å². The van der Waals surface area contributed by atoms with E-state index in [0.29, 0.717) is 5.54 Å². The maximum Gasteiger partial charge on any atom is 0.0154 e. The van der Waals surface area contributed by atoms with Crippen LogP contribution < -0.4 is 5.32 Å². The lowest BCUT2D eigenvalue weighted by Crippen LogP contribution is -2.28. The maximum atomic E-state index is 3.66. The number of rotatable bonds is 4. The van der Waals surface area contributed by atoms with Crippen molar-refractivity contribution in [3.8, 4) is 0 Å². The lowest BCUT2D eigenvalue weighted by molar-refractivity contribution is 0.545. The zero-order valence-corrected chi connectivity index (χ0v) is 6.11. The highest BCUT2D eigenvalue weighted by molar-refractivity contribution is 4.97. The Hall–Kier alpha value is -0.300. The molecule has 0 amide bonds. The van der Waals surface area contributed by atoms with Crippen LogP contribution in [0.4, 0.5) is 0 Å². The minimum atomic E-state index is 0.503. The summed E-state index contributed by atoms with van der Waals surface area (Å²) in [6.07, 6.45) is 5.75. The second-order valence-corrected chi connectivity index (χ2v) is 3.06. The minimum absolute atomic E-state index is 0.503. The fraction of sp³-hybridized carbons (Fsp3) is 0.750. The quantitative estimate of drug-likeness (QED) is 0.445. The zero-order valence-electron chi connectivity index (χ0n) is 6.11. The third-order valence-electron chi connectivity index (χ3n) is 1.90. The van der Waals surface area contributed by atoms with Crippen LogP contribution in [0.5, 0.6) is 0 Å². The molecule has 0 atom stereocenters. The first-order valence-corrected chi connectivity index (χ1v) is 3.63. The summed E-state index contributed by atoms with van der Waals surface area (Å²) in [6, 6.07) is 0. The second kappa shape index (κ2) is 2.53. The Morgan fingerprint density at radius 1 is 1.67 bits per heavy atom. The van der Waals surface area contributed by atoms with Gasteiger partial charge in [0.25, 0.3) is 0 Å². The third-order valence-corrected chi connectivity index (χ3v) is 1.90. The molecule has 0 aromatic rings. The topological polar surface area (TPSA) is 12.0 Å². The van der Waals surface area contributed by atoms with Crippen LogP contribution >= 0.6 is 0 Å². The summed E-state index contributed by atoms with van der Waals surface area (Å²) < 4.78 is 0. The smallest absolute Gasteiger partial charge is 0.0154 e. The molecule has 1 heteroatoms. The van der Waals surface area contributed by atoms with Crippen LogP contribution in [0.25, 0.3) is 0 Å². The molecule has 1 aliphatic rings. The first kappa shape index (κ1) is 6.81. The summed E-state index contributed by atoms with van der Waals surface area (Å²) >= 11 is 0. The number of hydrogen-bond donors (Lipinski definition) is 1. The lowest BCUT2D eigenvalue weighted by Gasteiger charge is -2.08. The molecule has 1 aliphatic carbocycles. The fourth-order valence-electron chi connectivity index (χ4n) is 0.840. The summed E-state index contributed by atoms with van der Waals surface area (Å²) in [5, 5.41) is 3.46. The van der Waals surface area contributed by atoms with Crippen molar-refractivity contribution in [2.24, 2.45) is 0 Å². The van der Waals surface area contributed by atoms with E-state index in [1.165, 1.54) is 12.8 Å². The van der Waals surface area contributed by atoms with Gasteiger partial charge in [-0.1, -0.05) is 6.08 Å². The van der Waals surface area contributed by atoms with Crippen molar-refractivity contribution >= 4 is 0 Å². The van der Waals surface area contributed by atoms with Crippen LogP contribution in [0.3, 0.4) is 0 Å². The summed E-state index contributed by atoms with van der Waals surface area (Å²) in [6.45, 7) is 7.03. The Kier molecular flexibility index (Phi) is 1.91. The maximum absolute atomic E-state index is 3.66. The molecule has 1 nitrogen and oxygen atoms in total. The molecule has 0 heterocycles. The minimum Gasteiger partial charge on any atom is -0.311 e. The van der Waals surface area contributed by atoms with E-state index in [-0.39, 0.29) is 0 Å². The monoisotopic (exact) mass is 125 g/mol. The molecule has 1 saturated carbocycles. The molecule has 0 aliphatic heterocycles. The van der Waals surface area contributed by atoms with Crippen LogP contribution in [0.2, 0.25) is 0 Å². The zero-order chi connectivity index (χ0) is 6.74. The summed E-state index contributed by atoms with van der Waals surface area (Å²) in [4.78, 5) is 0. The average molecular weight is 125 g/mol. The van der Waals surface area contributed by atoms with Crippen LogP contribution in [-0.4, -0.2) is 12.1 Å². The van der Waals surface area contributed by atoms with Gasteiger partial charge < -0.3 is 5.32 Å². The van der Waals surface area contributed by atoms with Gasteiger partial charge in [0.15, 0.2) is 0 Å². The highest BCUT2D eigenvalue weighted by atomic mass is 15.0. The van der Waals surface area contributed by atoms with Gasteiger partial charge in [-0.25, -0.2) is 0 Å². The Balaban J connectivity index is 1.98. The van der Waals surface area contributed by atoms with Gasteiger partial charge in [-0.3, -0.25) is 0 Å². The molecule has 0 aromatic carbocycles. The summed E-state index contributed by atoms with van der Waals surface area (Å²) in [7, 11) is 0. The second-order valence-electron chi connectivity index (χ2n) is 3.06. The van der Waals surface area contributed by atoms with Crippen molar-refractivity contribution < 1.29 is 0 Å². The molecule has 1 rings (SSSR count). The van der Waals surface area contributed by atoms with Crippen LogP contribution in [0.15, 0.2) is 12.7 Å². The standard InChI is InChI=1S/C8H15N/c1-3-4-7-9-8(2)5-6-8/h3,9H,1,4-7H2,2H3. The Morgan fingerprint density at radius 3 is 2.78 bits per heavy atom. The molecule has 0 saturated heterocycles. The SMILES string of the molecule is C=CCCNC1(C)CC1. The van der Waals surface area contributed by atoms with Crippen molar-refractivity contribution in [2.45, 2.75) is 31.7 Å². The van der Waals surface area contributed by atoms with E-state index >= 15 is 0 Å². The van der Waals surface area contributed by atoms with Gasteiger partial charge in [-0.15, -0.1) is 6.58 Å². The van der Waals surface area contributed by atoms with E-state index in [2.05, 4.69) is 18.8 Å². The van der Waals surface area contributed by atoms with E-state index in [0.717, 1.165) is 13.0 Å². The van der Waals surface area contributed by atoms with Crippen molar-refractivity contribution in [1.82, 2.24) is 5.32 Å². The third kappa shape index (κ3) is 2.19. The average Bonchev–Trinajstić information content (AvgIpc) is 2.50. The molecule has 9 heavy (non-hydrogen) atoms. The largest absolute Gasteiger partial charge is 0.311 e. The van der Waals surface area contributed by atoms with E-state index in [1.54, 1.807) is 0 Å². The Bertz CT molecular complexity index is 103. The van der Waals surface area contributed by atoms with E-state index in [4.69, 9.17) is 0 Å². The van der Waals surface area contributed by atoms with Crippen LogP contribution in [0.1, 0.15) is 26.2 Å². The van der Waals surface area contributed by atoms with Gasteiger partial charge in [0.2, 0.25) is 0 Å². The predicted molar refractivity (Wildman–Crippen MR) is 40.5 cm³/mol. The molecular weight excluding hydrogens is 110 g/mol. The first-order valence-electron chi connectivity index (χ1n) is 3.63. The number of hydrogen-bond acceptors (Lipinski definition) is 1.